The molecule has 1 atom stereocenters. The lowest BCUT2D eigenvalue weighted by Crippen LogP contribution is -2.31. The average Bonchev–Trinajstić information content (AvgIpc) is 2.37. The molecule has 0 amide bonds. The Morgan fingerprint density at radius 1 is 1.33 bits per heavy atom. The molecule has 0 saturated carbocycles. The van der Waals surface area contributed by atoms with Crippen LogP contribution in [0.25, 0.3) is 0 Å². The fourth-order valence-electron chi connectivity index (χ4n) is 1.31. The molecule has 0 aliphatic carbocycles. The first-order chi connectivity index (χ1) is 8.40. The molecule has 0 heterocycles. The molecule has 0 fully saturated rings. The number of hydrogen-bond acceptors (Lipinski definition) is 3. The van der Waals surface area contributed by atoms with Crippen LogP contribution in [0.4, 0.5) is 0 Å². The molecule has 6 heteroatoms. The van der Waals surface area contributed by atoms with Crippen molar-refractivity contribution < 1.29 is 13.2 Å². The molecule has 1 aromatic rings. The summed E-state index contributed by atoms with van der Waals surface area (Å²) in [5, 5.41) is 0. The van der Waals surface area contributed by atoms with Crippen molar-refractivity contribution in [3.63, 3.8) is 0 Å². The van der Waals surface area contributed by atoms with E-state index in [1.807, 2.05) is 6.92 Å². The number of rotatable bonds is 6. The Morgan fingerprint density at radius 2 is 1.89 bits per heavy atom. The van der Waals surface area contributed by atoms with Gasteiger partial charge in [-0.15, -0.1) is 11.6 Å². The number of Topliss-reactive ketones (excluding diaryl/α,β-unsaturated/α-hetero) is 1. The third kappa shape index (κ3) is 3.80. The van der Waals surface area contributed by atoms with Crippen LogP contribution < -0.4 is 4.72 Å². The third-order valence-electron chi connectivity index (χ3n) is 2.58. The zero-order chi connectivity index (χ0) is 13.8. The smallest absolute Gasteiger partial charge is 0.240 e. The molecule has 0 bridgehead atoms. The van der Waals surface area contributed by atoms with Crippen molar-refractivity contribution in [1.82, 2.24) is 4.72 Å². The molecule has 4 nitrogen and oxygen atoms in total. The van der Waals surface area contributed by atoms with Gasteiger partial charge in [0.1, 0.15) is 0 Å². The number of halogens is 1. The highest BCUT2D eigenvalue weighted by Crippen LogP contribution is 2.12. The highest BCUT2D eigenvalue weighted by molar-refractivity contribution is 7.89. The minimum absolute atomic E-state index is 0.114. The number of ketones is 1. The van der Waals surface area contributed by atoms with E-state index in [-0.39, 0.29) is 22.6 Å². The molecule has 0 spiro atoms. The van der Waals surface area contributed by atoms with Crippen LogP contribution in [-0.2, 0) is 10.0 Å². The Labute approximate surface area is 112 Å². The van der Waals surface area contributed by atoms with Gasteiger partial charge in [-0.05, 0) is 25.5 Å². The van der Waals surface area contributed by atoms with Gasteiger partial charge in [0.15, 0.2) is 5.78 Å². The average molecular weight is 290 g/mol. The first-order valence-corrected chi connectivity index (χ1v) is 7.64. The normalized spacial score (nSPS) is 13.3. The zero-order valence-electron chi connectivity index (χ0n) is 10.3. The Kier molecular flexibility index (Phi) is 5.31. The molecule has 0 radical (unpaired) electrons. The van der Waals surface area contributed by atoms with Crippen molar-refractivity contribution >= 4 is 27.4 Å². The summed E-state index contributed by atoms with van der Waals surface area (Å²) in [6.07, 6.45) is 0.710. The number of carbonyl (C=O) groups is 1. The molecule has 0 aliphatic heterocycles. The van der Waals surface area contributed by atoms with Crippen molar-refractivity contribution in [2.45, 2.75) is 31.2 Å². The van der Waals surface area contributed by atoms with Gasteiger partial charge in [-0.25, -0.2) is 13.1 Å². The van der Waals surface area contributed by atoms with E-state index in [0.717, 1.165) is 0 Å². The van der Waals surface area contributed by atoms with Gasteiger partial charge in [0.2, 0.25) is 10.0 Å². The molecular formula is C12H16ClNO3S. The topological polar surface area (TPSA) is 63.2 Å². The van der Waals surface area contributed by atoms with Gasteiger partial charge in [0.25, 0.3) is 0 Å². The van der Waals surface area contributed by atoms with Crippen LogP contribution in [-0.4, -0.2) is 26.1 Å². The quantitative estimate of drug-likeness (QED) is 0.645. The number of benzene rings is 1. The molecule has 1 unspecified atom stereocenters. The number of nitrogens with one attached hydrogen (secondary N) is 1. The van der Waals surface area contributed by atoms with E-state index in [2.05, 4.69) is 4.72 Å². The second-order valence-corrected chi connectivity index (χ2v) is 5.99. The van der Waals surface area contributed by atoms with Gasteiger partial charge in [-0.2, -0.15) is 0 Å². The highest BCUT2D eigenvalue weighted by Gasteiger charge is 2.16. The lowest BCUT2D eigenvalue weighted by Gasteiger charge is -2.12. The van der Waals surface area contributed by atoms with Gasteiger partial charge < -0.3 is 0 Å². The number of sulfonamides is 1. The van der Waals surface area contributed by atoms with Gasteiger partial charge in [0.05, 0.1) is 10.8 Å². The predicted octanol–water partition coefficient (Wildman–Crippen LogP) is 2.18. The highest BCUT2D eigenvalue weighted by atomic mass is 35.5. The second-order valence-electron chi connectivity index (χ2n) is 4.01. The van der Waals surface area contributed by atoms with Crippen LogP contribution >= 0.6 is 11.6 Å². The van der Waals surface area contributed by atoms with Gasteiger partial charge in [-0.1, -0.05) is 19.1 Å². The number of carbonyl (C=O) groups excluding carboxylic acids is 1. The number of alkyl halides is 1. The van der Waals surface area contributed by atoms with Crippen molar-refractivity contribution in [2.24, 2.45) is 0 Å². The molecule has 100 valence electrons. The van der Waals surface area contributed by atoms with Crippen molar-refractivity contribution in [3.05, 3.63) is 29.8 Å². The van der Waals surface area contributed by atoms with Crippen LogP contribution in [0.15, 0.2) is 29.2 Å². The molecule has 18 heavy (non-hydrogen) atoms. The van der Waals surface area contributed by atoms with E-state index in [1.54, 1.807) is 6.92 Å². The van der Waals surface area contributed by atoms with Crippen LogP contribution in [0.5, 0.6) is 0 Å². The standard InChI is InChI=1S/C12H16ClNO3S/c1-3-9(2)14-18(16,17)11-6-4-10(5-7-11)12(15)8-13/h4-7,9,14H,3,8H2,1-2H3. The van der Waals surface area contributed by atoms with Crippen LogP contribution in [0, 0.1) is 0 Å². The summed E-state index contributed by atoms with van der Waals surface area (Å²) >= 11 is 5.42. The first-order valence-electron chi connectivity index (χ1n) is 5.62. The largest absolute Gasteiger partial charge is 0.293 e. The van der Waals surface area contributed by atoms with E-state index < -0.39 is 10.0 Å². The van der Waals surface area contributed by atoms with Crippen molar-refractivity contribution in [2.75, 3.05) is 5.88 Å². The Balaban J connectivity index is 2.94. The summed E-state index contributed by atoms with van der Waals surface area (Å²) in [6.45, 7) is 3.69. The minimum atomic E-state index is -3.52. The SMILES string of the molecule is CCC(C)NS(=O)(=O)c1ccc(C(=O)CCl)cc1. The van der Waals surface area contributed by atoms with Gasteiger partial charge >= 0.3 is 0 Å². The maximum Gasteiger partial charge on any atom is 0.240 e. The summed E-state index contributed by atoms with van der Waals surface area (Å²) < 4.78 is 26.4. The maximum absolute atomic E-state index is 11.9. The fraction of sp³-hybridized carbons (Fsp3) is 0.417. The lowest BCUT2D eigenvalue weighted by molar-refractivity contribution is 0.102. The van der Waals surface area contributed by atoms with E-state index in [0.29, 0.717) is 12.0 Å². The van der Waals surface area contributed by atoms with Gasteiger partial charge in [-0.3, -0.25) is 4.79 Å². The van der Waals surface area contributed by atoms with Crippen molar-refractivity contribution in [3.8, 4) is 0 Å². The minimum Gasteiger partial charge on any atom is -0.293 e. The van der Waals surface area contributed by atoms with E-state index in [4.69, 9.17) is 11.6 Å². The third-order valence-corrected chi connectivity index (χ3v) is 4.42. The molecule has 0 saturated heterocycles. The van der Waals surface area contributed by atoms with Crippen LogP contribution in [0.2, 0.25) is 0 Å². The Bertz CT molecular complexity index is 511. The summed E-state index contributed by atoms with van der Waals surface area (Å²) in [7, 11) is -3.52. The van der Waals surface area contributed by atoms with E-state index in [1.165, 1.54) is 24.3 Å². The maximum atomic E-state index is 11.9. The molecule has 0 aromatic heterocycles. The number of hydrogen-bond donors (Lipinski definition) is 1. The fourth-order valence-corrected chi connectivity index (χ4v) is 2.79. The van der Waals surface area contributed by atoms with Gasteiger partial charge in [0, 0.05) is 11.6 Å². The zero-order valence-corrected chi connectivity index (χ0v) is 11.9. The Morgan fingerprint density at radius 3 is 2.33 bits per heavy atom. The van der Waals surface area contributed by atoms with E-state index >= 15 is 0 Å². The molecule has 1 N–H and O–H groups in total. The summed E-state index contributed by atoms with van der Waals surface area (Å²) in [6, 6.07) is 5.62. The predicted molar refractivity (Wildman–Crippen MR) is 71.6 cm³/mol. The monoisotopic (exact) mass is 289 g/mol. The summed E-state index contributed by atoms with van der Waals surface area (Å²) in [5.74, 6) is -0.340. The molecule has 0 aliphatic rings. The molecular weight excluding hydrogens is 274 g/mol. The first kappa shape index (κ1) is 15.1. The second kappa shape index (κ2) is 6.31. The van der Waals surface area contributed by atoms with E-state index in [9.17, 15) is 13.2 Å². The molecule has 1 aromatic carbocycles. The van der Waals surface area contributed by atoms with Crippen LogP contribution in [0.3, 0.4) is 0 Å². The Hall–Kier alpha value is -0.910. The summed E-state index contributed by atoms with van der Waals surface area (Å²) in [4.78, 5) is 11.4. The lowest BCUT2D eigenvalue weighted by atomic mass is 10.1. The van der Waals surface area contributed by atoms with Crippen molar-refractivity contribution in [1.29, 1.82) is 0 Å². The van der Waals surface area contributed by atoms with Crippen LogP contribution in [0.1, 0.15) is 30.6 Å². The molecule has 1 rings (SSSR count). The summed E-state index contributed by atoms with van der Waals surface area (Å²) in [5.41, 5.74) is 0.410.